The molecule has 88 valence electrons. The molecule has 3 rings (SSSR count). The maximum Gasteiger partial charge on any atom is 0.0558 e. The molecule has 1 fully saturated rings. The van der Waals surface area contributed by atoms with Crippen LogP contribution >= 0.6 is 0 Å². The summed E-state index contributed by atoms with van der Waals surface area (Å²) < 4.78 is 0. The van der Waals surface area contributed by atoms with Gasteiger partial charge in [-0.05, 0) is 29.2 Å². The fourth-order valence-electron chi connectivity index (χ4n) is 2.88. The van der Waals surface area contributed by atoms with E-state index in [1.54, 1.807) is 0 Å². The Morgan fingerprint density at radius 2 is 1.82 bits per heavy atom. The fourth-order valence-corrected chi connectivity index (χ4v) is 2.88. The lowest BCUT2D eigenvalue weighted by Gasteiger charge is -2.45. The molecule has 3 N–H and O–H groups in total. The zero-order valence-corrected chi connectivity index (χ0v) is 9.76. The van der Waals surface area contributed by atoms with Crippen LogP contribution < -0.4 is 5.73 Å². The molecule has 0 radical (unpaired) electrons. The average molecular weight is 227 g/mol. The summed E-state index contributed by atoms with van der Waals surface area (Å²) in [5, 5.41) is 12.0. The van der Waals surface area contributed by atoms with Gasteiger partial charge in [-0.3, -0.25) is 0 Å². The van der Waals surface area contributed by atoms with Crippen molar-refractivity contribution in [3.8, 4) is 0 Å². The van der Waals surface area contributed by atoms with Crippen molar-refractivity contribution < 1.29 is 5.11 Å². The number of aliphatic hydroxyl groups is 1. The molecule has 1 saturated carbocycles. The van der Waals surface area contributed by atoms with E-state index in [4.69, 9.17) is 5.73 Å². The molecule has 0 unspecified atom stereocenters. The van der Waals surface area contributed by atoms with Crippen molar-refractivity contribution in [1.29, 1.82) is 0 Å². The van der Waals surface area contributed by atoms with Crippen LogP contribution in [-0.2, 0) is 5.41 Å². The van der Waals surface area contributed by atoms with Gasteiger partial charge in [0, 0.05) is 12.0 Å². The Morgan fingerprint density at radius 1 is 1.12 bits per heavy atom. The zero-order valence-electron chi connectivity index (χ0n) is 9.76. The van der Waals surface area contributed by atoms with E-state index in [0.29, 0.717) is 6.54 Å². The summed E-state index contributed by atoms with van der Waals surface area (Å²) in [6.45, 7) is 0.613. The van der Waals surface area contributed by atoms with Crippen molar-refractivity contribution in [3.63, 3.8) is 0 Å². The molecule has 0 spiro atoms. The first-order valence-corrected chi connectivity index (χ1v) is 6.11. The van der Waals surface area contributed by atoms with E-state index in [-0.39, 0.29) is 11.5 Å². The van der Waals surface area contributed by atoms with Crippen LogP contribution in [0, 0.1) is 0 Å². The predicted molar refractivity (Wildman–Crippen MR) is 69.9 cm³/mol. The van der Waals surface area contributed by atoms with E-state index >= 15 is 0 Å². The highest BCUT2D eigenvalue weighted by Crippen LogP contribution is 2.43. The summed E-state index contributed by atoms with van der Waals surface area (Å²) >= 11 is 0. The monoisotopic (exact) mass is 227 g/mol. The second-order valence-corrected chi connectivity index (χ2v) is 5.11. The Labute approximate surface area is 101 Å². The Kier molecular flexibility index (Phi) is 2.42. The highest BCUT2D eigenvalue weighted by Gasteiger charge is 2.43. The Morgan fingerprint density at radius 3 is 2.47 bits per heavy atom. The second kappa shape index (κ2) is 3.83. The van der Waals surface area contributed by atoms with Gasteiger partial charge in [0.2, 0.25) is 0 Å². The zero-order chi connectivity index (χ0) is 11.9. The lowest BCUT2D eigenvalue weighted by molar-refractivity contribution is 0.0222. The Bertz CT molecular complexity index is 543. The molecule has 0 aliphatic heterocycles. The van der Waals surface area contributed by atoms with Gasteiger partial charge in [-0.25, -0.2) is 0 Å². The van der Waals surface area contributed by atoms with Gasteiger partial charge < -0.3 is 10.8 Å². The number of hydrogen-bond acceptors (Lipinski definition) is 2. The van der Waals surface area contributed by atoms with Crippen LogP contribution in [0.25, 0.3) is 10.8 Å². The second-order valence-electron chi connectivity index (χ2n) is 5.11. The van der Waals surface area contributed by atoms with Gasteiger partial charge in [0.15, 0.2) is 0 Å². The van der Waals surface area contributed by atoms with E-state index in [2.05, 4.69) is 36.4 Å². The summed E-state index contributed by atoms with van der Waals surface area (Å²) in [5.74, 6) is 0. The minimum absolute atomic E-state index is 0.00342. The first-order chi connectivity index (χ1) is 8.23. The van der Waals surface area contributed by atoms with Gasteiger partial charge in [-0.15, -0.1) is 0 Å². The maximum atomic E-state index is 9.53. The first-order valence-electron chi connectivity index (χ1n) is 6.11. The number of aliphatic hydroxyl groups excluding tert-OH is 1. The first kappa shape index (κ1) is 10.8. The van der Waals surface area contributed by atoms with Crippen molar-refractivity contribution >= 4 is 10.8 Å². The van der Waals surface area contributed by atoms with E-state index in [0.717, 1.165) is 12.8 Å². The van der Waals surface area contributed by atoms with Crippen LogP contribution in [-0.4, -0.2) is 17.8 Å². The van der Waals surface area contributed by atoms with Gasteiger partial charge in [0.05, 0.1) is 6.10 Å². The van der Waals surface area contributed by atoms with Crippen LogP contribution in [0.15, 0.2) is 42.5 Å². The molecule has 2 aromatic carbocycles. The van der Waals surface area contributed by atoms with Crippen molar-refractivity contribution in [1.82, 2.24) is 0 Å². The molecule has 1 aliphatic carbocycles. The quantitative estimate of drug-likeness (QED) is 0.826. The van der Waals surface area contributed by atoms with Crippen molar-refractivity contribution in [2.24, 2.45) is 5.73 Å². The van der Waals surface area contributed by atoms with E-state index < -0.39 is 0 Å². The van der Waals surface area contributed by atoms with E-state index in [1.807, 2.05) is 6.07 Å². The molecule has 0 aromatic heterocycles. The van der Waals surface area contributed by atoms with Crippen molar-refractivity contribution in [2.45, 2.75) is 24.4 Å². The highest BCUT2D eigenvalue weighted by molar-refractivity contribution is 5.83. The molecule has 17 heavy (non-hydrogen) atoms. The normalized spacial score (nSPS) is 28.0. The van der Waals surface area contributed by atoms with Crippen molar-refractivity contribution in [3.05, 3.63) is 48.0 Å². The molecule has 0 atom stereocenters. The molecular formula is C15H17NO. The predicted octanol–water partition coefficient (Wildman–Crippen LogP) is 2.19. The molecule has 0 heterocycles. The molecule has 2 heteroatoms. The molecule has 0 bridgehead atoms. The number of benzene rings is 2. The lowest BCUT2D eigenvalue weighted by Crippen LogP contribution is -2.49. The lowest BCUT2D eigenvalue weighted by atomic mass is 9.62. The summed E-state index contributed by atoms with van der Waals surface area (Å²) in [5.41, 5.74) is 7.17. The Balaban J connectivity index is 2.06. The molecule has 2 aromatic rings. The minimum atomic E-state index is -0.176. The van der Waals surface area contributed by atoms with Gasteiger partial charge in [0.25, 0.3) is 0 Å². The number of nitrogens with two attached hydrogens (primary N) is 1. The SMILES string of the molecule is NCC1(c2ccc3ccccc3c2)CC(O)C1. The summed E-state index contributed by atoms with van der Waals surface area (Å²) in [4.78, 5) is 0. The van der Waals surface area contributed by atoms with Gasteiger partial charge in [0.1, 0.15) is 0 Å². The van der Waals surface area contributed by atoms with Crippen LogP contribution in [0.1, 0.15) is 18.4 Å². The molecule has 1 aliphatic rings. The van der Waals surface area contributed by atoms with Gasteiger partial charge in [-0.1, -0.05) is 42.5 Å². The Hall–Kier alpha value is -1.38. The molecular weight excluding hydrogens is 210 g/mol. The third kappa shape index (κ3) is 1.65. The number of hydrogen-bond donors (Lipinski definition) is 2. The van der Waals surface area contributed by atoms with Crippen LogP contribution in [0.3, 0.4) is 0 Å². The summed E-state index contributed by atoms with van der Waals surface area (Å²) in [6.07, 6.45) is 1.41. The third-order valence-electron chi connectivity index (χ3n) is 4.01. The standard InChI is InChI=1S/C15H17NO/c16-10-15(8-14(17)9-15)13-6-5-11-3-1-2-4-12(11)7-13/h1-7,14,17H,8-10,16H2. The van der Waals surface area contributed by atoms with E-state index in [1.165, 1.54) is 16.3 Å². The third-order valence-corrected chi connectivity index (χ3v) is 4.01. The van der Waals surface area contributed by atoms with Crippen LogP contribution in [0.4, 0.5) is 0 Å². The van der Waals surface area contributed by atoms with Crippen LogP contribution in [0.2, 0.25) is 0 Å². The molecule has 0 saturated heterocycles. The van der Waals surface area contributed by atoms with Crippen molar-refractivity contribution in [2.75, 3.05) is 6.54 Å². The average Bonchev–Trinajstić information content (AvgIpc) is 2.34. The highest BCUT2D eigenvalue weighted by atomic mass is 16.3. The number of rotatable bonds is 2. The maximum absolute atomic E-state index is 9.53. The summed E-state index contributed by atoms with van der Waals surface area (Å²) in [6, 6.07) is 14.9. The molecule has 2 nitrogen and oxygen atoms in total. The van der Waals surface area contributed by atoms with Gasteiger partial charge in [-0.2, -0.15) is 0 Å². The minimum Gasteiger partial charge on any atom is -0.393 e. The fraction of sp³-hybridized carbons (Fsp3) is 0.333. The van der Waals surface area contributed by atoms with E-state index in [9.17, 15) is 5.11 Å². The largest absolute Gasteiger partial charge is 0.393 e. The number of fused-ring (bicyclic) bond motifs is 1. The van der Waals surface area contributed by atoms with Gasteiger partial charge >= 0.3 is 0 Å². The molecule has 0 amide bonds. The van der Waals surface area contributed by atoms with Crippen LogP contribution in [0.5, 0.6) is 0 Å². The topological polar surface area (TPSA) is 46.2 Å². The summed E-state index contributed by atoms with van der Waals surface area (Å²) in [7, 11) is 0. The smallest absolute Gasteiger partial charge is 0.0558 e.